The van der Waals surface area contributed by atoms with Crippen LogP contribution in [0.4, 0.5) is 11.4 Å². The van der Waals surface area contributed by atoms with Crippen LogP contribution in [0, 0.1) is 0 Å². The Hall–Kier alpha value is -0.960. The number of nitrogen functional groups attached to an aromatic ring is 2. The van der Waals surface area contributed by atoms with Gasteiger partial charge in [-0.25, -0.2) is 4.98 Å². The second kappa shape index (κ2) is 2.11. The maximum absolute atomic E-state index is 5.49. The summed E-state index contributed by atoms with van der Waals surface area (Å²) in [5, 5.41) is 0.296. The molecular formula is C5H6ClN3. The third kappa shape index (κ3) is 1.23. The molecule has 1 aromatic heterocycles. The third-order valence-electron chi connectivity index (χ3n) is 0.887. The highest BCUT2D eigenvalue weighted by molar-refractivity contribution is 6.31. The Morgan fingerprint density at radius 2 is 2.11 bits per heavy atom. The predicted molar refractivity (Wildman–Crippen MR) is 38.1 cm³/mol. The molecule has 0 amide bonds. The van der Waals surface area contributed by atoms with Crippen molar-refractivity contribution in [2.45, 2.75) is 0 Å². The molecule has 0 spiro atoms. The van der Waals surface area contributed by atoms with Crippen molar-refractivity contribution in [3.8, 4) is 0 Å². The fraction of sp³-hybridized carbons (Fsp3) is 0. The van der Waals surface area contributed by atoms with Crippen LogP contribution in [0.25, 0.3) is 0 Å². The van der Waals surface area contributed by atoms with Crippen LogP contribution in [-0.4, -0.2) is 4.98 Å². The molecule has 0 unspecified atom stereocenters. The Balaban J connectivity index is 3.17. The number of rotatable bonds is 0. The van der Waals surface area contributed by atoms with E-state index in [0.29, 0.717) is 16.5 Å². The topological polar surface area (TPSA) is 64.9 Å². The van der Waals surface area contributed by atoms with Gasteiger partial charge in [0, 0.05) is 0 Å². The van der Waals surface area contributed by atoms with Gasteiger partial charge in [-0.1, -0.05) is 11.6 Å². The van der Waals surface area contributed by atoms with Crippen LogP contribution in [0.1, 0.15) is 0 Å². The van der Waals surface area contributed by atoms with Gasteiger partial charge in [-0.15, -0.1) is 0 Å². The Bertz CT molecular complexity index is 223. The molecular weight excluding hydrogens is 138 g/mol. The molecule has 1 rings (SSSR count). The summed E-state index contributed by atoms with van der Waals surface area (Å²) in [6.45, 7) is 0. The summed E-state index contributed by atoms with van der Waals surface area (Å²) in [5.41, 5.74) is 11.6. The van der Waals surface area contributed by atoms with E-state index in [-0.39, 0.29) is 0 Å². The largest absolute Gasteiger partial charge is 0.397 e. The highest BCUT2D eigenvalue weighted by Gasteiger charge is 1.94. The van der Waals surface area contributed by atoms with E-state index in [0.717, 1.165) is 0 Å². The summed E-state index contributed by atoms with van der Waals surface area (Å²) < 4.78 is 0. The Morgan fingerprint density at radius 3 is 2.56 bits per heavy atom. The highest BCUT2D eigenvalue weighted by Crippen LogP contribution is 2.16. The average Bonchev–Trinajstić information content (AvgIpc) is 1.80. The normalized spacial score (nSPS) is 9.44. The summed E-state index contributed by atoms with van der Waals surface area (Å²) in [4.78, 5) is 3.69. The van der Waals surface area contributed by atoms with Gasteiger partial charge in [0.1, 0.15) is 0 Å². The molecule has 4 heteroatoms. The van der Waals surface area contributed by atoms with Crippen molar-refractivity contribution in [3.63, 3.8) is 0 Å². The first-order valence-electron chi connectivity index (χ1n) is 2.36. The zero-order chi connectivity index (χ0) is 6.85. The number of nitrogens with zero attached hydrogens (tertiary/aromatic N) is 1. The minimum Gasteiger partial charge on any atom is -0.397 e. The van der Waals surface area contributed by atoms with E-state index in [1.807, 2.05) is 0 Å². The second-order valence-corrected chi connectivity index (χ2v) is 2.01. The highest BCUT2D eigenvalue weighted by atomic mass is 35.5. The van der Waals surface area contributed by atoms with Gasteiger partial charge >= 0.3 is 0 Å². The molecule has 1 aromatic rings. The number of hydrogen-bond acceptors (Lipinski definition) is 3. The van der Waals surface area contributed by atoms with Gasteiger partial charge in [0.05, 0.1) is 17.6 Å². The molecule has 48 valence electrons. The summed E-state index contributed by atoms with van der Waals surface area (Å²) in [5.74, 6) is 0. The van der Waals surface area contributed by atoms with Gasteiger partial charge in [0.2, 0.25) is 0 Å². The molecule has 0 aliphatic carbocycles. The van der Waals surface area contributed by atoms with Crippen molar-refractivity contribution < 1.29 is 0 Å². The van der Waals surface area contributed by atoms with Crippen LogP contribution in [-0.2, 0) is 0 Å². The molecule has 0 aliphatic rings. The number of anilines is 2. The molecule has 0 radical (unpaired) electrons. The lowest BCUT2D eigenvalue weighted by Gasteiger charge is -1.95. The number of hydrogen-bond donors (Lipinski definition) is 2. The van der Waals surface area contributed by atoms with Crippen LogP contribution < -0.4 is 11.5 Å². The van der Waals surface area contributed by atoms with Crippen molar-refractivity contribution in [1.29, 1.82) is 0 Å². The minimum absolute atomic E-state index is 0.296. The first-order valence-corrected chi connectivity index (χ1v) is 2.74. The molecule has 0 fully saturated rings. The number of halogens is 1. The average molecular weight is 144 g/mol. The lowest BCUT2D eigenvalue weighted by molar-refractivity contribution is 1.34. The lowest BCUT2D eigenvalue weighted by atomic mass is 10.4. The van der Waals surface area contributed by atoms with E-state index in [1.54, 1.807) is 6.07 Å². The molecule has 3 nitrogen and oxygen atoms in total. The minimum atomic E-state index is 0.296. The van der Waals surface area contributed by atoms with Crippen molar-refractivity contribution in [3.05, 3.63) is 17.4 Å². The predicted octanol–water partition coefficient (Wildman–Crippen LogP) is 0.899. The summed E-state index contributed by atoms with van der Waals surface area (Å²) >= 11 is 5.49. The standard InChI is InChI=1S/C5H6ClN3/c6-5-4(8)1-3(7)2-9-5/h1-2H,7-8H2. The molecule has 0 atom stereocenters. The van der Waals surface area contributed by atoms with Gasteiger partial charge in [0.15, 0.2) is 5.15 Å². The van der Waals surface area contributed by atoms with Crippen molar-refractivity contribution >= 4 is 23.0 Å². The van der Waals surface area contributed by atoms with E-state index in [2.05, 4.69) is 4.98 Å². The first kappa shape index (κ1) is 6.16. The van der Waals surface area contributed by atoms with Crippen molar-refractivity contribution in [1.82, 2.24) is 4.98 Å². The van der Waals surface area contributed by atoms with Gasteiger partial charge in [-0.2, -0.15) is 0 Å². The van der Waals surface area contributed by atoms with E-state index in [1.165, 1.54) is 6.20 Å². The lowest BCUT2D eigenvalue weighted by Crippen LogP contribution is -1.92. The van der Waals surface area contributed by atoms with Crippen LogP contribution in [0.2, 0.25) is 5.15 Å². The van der Waals surface area contributed by atoms with Gasteiger partial charge < -0.3 is 11.5 Å². The van der Waals surface area contributed by atoms with Crippen molar-refractivity contribution in [2.75, 3.05) is 11.5 Å². The fourth-order valence-electron chi connectivity index (χ4n) is 0.482. The maximum Gasteiger partial charge on any atom is 0.152 e. The molecule has 1 heterocycles. The zero-order valence-corrected chi connectivity index (χ0v) is 5.39. The van der Waals surface area contributed by atoms with E-state index < -0.39 is 0 Å². The van der Waals surface area contributed by atoms with Gasteiger partial charge in [0.25, 0.3) is 0 Å². The van der Waals surface area contributed by atoms with Crippen LogP contribution in [0.5, 0.6) is 0 Å². The van der Waals surface area contributed by atoms with Gasteiger partial charge in [-0.05, 0) is 6.07 Å². The van der Waals surface area contributed by atoms with Crippen LogP contribution in [0.15, 0.2) is 12.3 Å². The Morgan fingerprint density at radius 1 is 1.44 bits per heavy atom. The Labute approximate surface area is 57.6 Å². The quantitative estimate of drug-likeness (QED) is 0.531. The third-order valence-corrected chi connectivity index (χ3v) is 1.20. The molecule has 0 saturated carbocycles. The van der Waals surface area contributed by atoms with Crippen LogP contribution in [0.3, 0.4) is 0 Å². The van der Waals surface area contributed by atoms with Gasteiger partial charge in [-0.3, -0.25) is 0 Å². The second-order valence-electron chi connectivity index (χ2n) is 1.65. The van der Waals surface area contributed by atoms with Crippen LogP contribution >= 0.6 is 11.6 Å². The Kier molecular flexibility index (Phi) is 1.44. The van der Waals surface area contributed by atoms with E-state index in [9.17, 15) is 0 Å². The molecule has 4 N–H and O–H groups in total. The summed E-state index contributed by atoms with van der Waals surface area (Å²) in [7, 11) is 0. The molecule has 0 aliphatic heterocycles. The molecule has 0 aromatic carbocycles. The first-order chi connectivity index (χ1) is 4.20. The number of aromatic nitrogens is 1. The summed E-state index contributed by atoms with van der Waals surface area (Å²) in [6.07, 6.45) is 1.46. The molecule has 0 bridgehead atoms. The summed E-state index contributed by atoms with van der Waals surface area (Å²) in [6, 6.07) is 1.56. The van der Waals surface area contributed by atoms with E-state index in [4.69, 9.17) is 23.1 Å². The maximum atomic E-state index is 5.49. The molecule has 9 heavy (non-hydrogen) atoms. The van der Waals surface area contributed by atoms with Crippen molar-refractivity contribution in [2.24, 2.45) is 0 Å². The number of pyridine rings is 1. The monoisotopic (exact) mass is 143 g/mol. The smallest absolute Gasteiger partial charge is 0.152 e. The zero-order valence-electron chi connectivity index (χ0n) is 4.63. The fourth-order valence-corrected chi connectivity index (χ4v) is 0.585. The van der Waals surface area contributed by atoms with E-state index >= 15 is 0 Å². The number of nitrogens with two attached hydrogens (primary N) is 2. The SMILES string of the molecule is Nc1cnc(Cl)c(N)c1. The molecule has 0 saturated heterocycles.